The molecular weight excluding hydrogens is 164 g/mol. The highest BCUT2D eigenvalue weighted by Gasteiger charge is 2.04. The van der Waals surface area contributed by atoms with Gasteiger partial charge in [-0.05, 0) is 6.42 Å². The average Bonchev–Trinajstić information content (AvgIpc) is 2.16. The molecule has 0 radical (unpaired) electrons. The van der Waals surface area contributed by atoms with E-state index < -0.39 is 0 Å². The van der Waals surface area contributed by atoms with Gasteiger partial charge in [0.1, 0.15) is 0 Å². The maximum Gasteiger partial charge on any atom is 0.0629 e. The molecule has 0 aromatic heterocycles. The molecule has 0 aromatic carbocycles. The van der Waals surface area contributed by atoms with Crippen LogP contribution in [0.15, 0.2) is 0 Å². The minimum Gasteiger partial charge on any atom is -0.383 e. The molecule has 0 heterocycles. The van der Waals surface area contributed by atoms with E-state index in [2.05, 4.69) is 12.3 Å². The van der Waals surface area contributed by atoms with Crippen LogP contribution >= 0.6 is 0 Å². The molecule has 0 rings (SSSR count). The van der Waals surface area contributed by atoms with Crippen LogP contribution in [0.4, 0.5) is 0 Å². The number of nitrogens with one attached hydrogen (secondary N) is 1. The van der Waals surface area contributed by atoms with Gasteiger partial charge < -0.3 is 4.74 Å². The van der Waals surface area contributed by atoms with E-state index in [-0.39, 0.29) is 0 Å². The number of hydrogen-bond acceptors (Lipinski definition) is 3. The highest BCUT2D eigenvalue weighted by atomic mass is 16.5. The molecule has 3 heteroatoms. The summed E-state index contributed by atoms with van der Waals surface area (Å²) in [5, 5.41) is 0. The first-order valence-electron chi connectivity index (χ1n) is 5.30. The second-order valence-electron chi connectivity index (χ2n) is 3.52. The fraction of sp³-hybridized carbons (Fsp3) is 1.00. The van der Waals surface area contributed by atoms with Crippen LogP contribution in [0.25, 0.3) is 0 Å². The molecule has 3 N–H and O–H groups in total. The normalized spacial score (nSPS) is 13.2. The Morgan fingerprint density at radius 1 is 1.23 bits per heavy atom. The minimum absolute atomic E-state index is 0.326. The molecule has 0 aromatic rings. The van der Waals surface area contributed by atoms with E-state index in [9.17, 15) is 0 Å². The van der Waals surface area contributed by atoms with Gasteiger partial charge in [0.2, 0.25) is 0 Å². The monoisotopic (exact) mass is 188 g/mol. The zero-order chi connectivity index (χ0) is 9.94. The van der Waals surface area contributed by atoms with E-state index in [0.717, 1.165) is 6.42 Å². The Labute approximate surface area is 82.0 Å². The summed E-state index contributed by atoms with van der Waals surface area (Å²) in [6, 6.07) is 0.326. The van der Waals surface area contributed by atoms with Crippen molar-refractivity contribution < 1.29 is 4.74 Å². The van der Waals surface area contributed by atoms with Gasteiger partial charge in [-0.3, -0.25) is 11.3 Å². The first kappa shape index (κ1) is 12.9. The van der Waals surface area contributed by atoms with Crippen LogP contribution in [0.3, 0.4) is 0 Å². The van der Waals surface area contributed by atoms with E-state index >= 15 is 0 Å². The SMILES string of the molecule is CCCCCCCC(COC)NN. The summed E-state index contributed by atoms with van der Waals surface area (Å²) in [7, 11) is 1.71. The Morgan fingerprint density at radius 3 is 2.46 bits per heavy atom. The van der Waals surface area contributed by atoms with Gasteiger partial charge in [0.25, 0.3) is 0 Å². The lowest BCUT2D eigenvalue weighted by Gasteiger charge is -2.13. The van der Waals surface area contributed by atoms with Crippen molar-refractivity contribution in [3.05, 3.63) is 0 Å². The molecule has 0 spiro atoms. The second-order valence-corrected chi connectivity index (χ2v) is 3.52. The van der Waals surface area contributed by atoms with Crippen molar-refractivity contribution in [1.82, 2.24) is 5.43 Å². The van der Waals surface area contributed by atoms with Crippen molar-refractivity contribution >= 4 is 0 Å². The lowest BCUT2D eigenvalue weighted by Crippen LogP contribution is -2.38. The fourth-order valence-corrected chi connectivity index (χ4v) is 1.41. The molecule has 0 amide bonds. The molecule has 0 aliphatic heterocycles. The van der Waals surface area contributed by atoms with Crippen molar-refractivity contribution in [1.29, 1.82) is 0 Å². The zero-order valence-corrected chi connectivity index (χ0v) is 9.01. The molecule has 0 fully saturated rings. The largest absolute Gasteiger partial charge is 0.383 e. The molecule has 0 aliphatic rings. The molecule has 0 saturated carbocycles. The smallest absolute Gasteiger partial charge is 0.0629 e. The Hall–Kier alpha value is -0.120. The van der Waals surface area contributed by atoms with Gasteiger partial charge in [-0.2, -0.15) is 0 Å². The number of unbranched alkanes of at least 4 members (excludes halogenated alkanes) is 4. The van der Waals surface area contributed by atoms with E-state index in [1.807, 2.05) is 0 Å². The number of ether oxygens (including phenoxy) is 1. The van der Waals surface area contributed by atoms with E-state index in [1.54, 1.807) is 7.11 Å². The highest BCUT2D eigenvalue weighted by Crippen LogP contribution is 2.06. The predicted octanol–water partition coefficient (Wildman–Crippen LogP) is 1.83. The third-order valence-electron chi connectivity index (χ3n) is 2.26. The maximum absolute atomic E-state index is 5.37. The maximum atomic E-state index is 5.37. The van der Waals surface area contributed by atoms with Crippen molar-refractivity contribution in [2.45, 2.75) is 51.5 Å². The fourth-order valence-electron chi connectivity index (χ4n) is 1.41. The lowest BCUT2D eigenvalue weighted by atomic mass is 10.1. The van der Waals surface area contributed by atoms with Gasteiger partial charge in [0.15, 0.2) is 0 Å². The lowest BCUT2D eigenvalue weighted by molar-refractivity contribution is 0.161. The van der Waals surface area contributed by atoms with Crippen LogP contribution in [-0.4, -0.2) is 19.8 Å². The molecule has 0 saturated heterocycles. The molecule has 13 heavy (non-hydrogen) atoms. The van der Waals surface area contributed by atoms with Crippen molar-refractivity contribution in [2.75, 3.05) is 13.7 Å². The van der Waals surface area contributed by atoms with Gasteiger partial charge in [-0.1, -0.05) is 39.0 Å². The summed E-state index contributed by atoms with van der Waals surface area (Å²) in [5.41, 5.74) is 2.77. The number of hydrazine groups is 1. The van der Waals surface area contributed by atoms with Gasteiger partial charge in [-0.25, -0.2) is 0 Å². The highest BCUT2D eigenvalue weighted by molar-refractivity contribution is 4.61. The van der Waals surface area contributed by atoms with E-state index in [4.69, 9.17) is 10.6 Å². The number of methoxy groups -OCH3 is 1. The Balaban J connectivity index is 3.17. The summed E-state index contributed by atoms with van der Waals surface area (Å²) in [6.07, 6.45) is 7.68. The van der Waals surface area contributed by atoms with Crippen LogP contribution in [-0.2, 0) is 4.74 Å². The number of rotatable bonds is 9. The van der Waals surface area contributed by atoms with Gasteiger partial charge >= 0.3 is 0 Å². The molecule has 1 atom stereocenters. The standard InChI is InChI=1S/C10H24N2O/c1-3-4-5-6-7-8-10(12-11)9-13-2/h10,12H,3-9,11H2,1-2H3. The van der Waals surface area contributed by atoms with Gasteiger partial charge in [0.05, 0.1) is 6.61 Å². The van der Waals surface area contributed by atoms with Crippen molar-refractivity contribution in [3.63, 3.8) is 0 Å². The zero-order valence-electron chi connectivity index (χ0n) is 9.01. The third kappa shape index (κ3) is 8.22. The average molecular weight is 188 g/mol. The predicted molar refractivity (Wildman–Crippen MR) is 56.4 cm³/mol. The Kier molecular flexibility index (Phi) is 9.87. The van der Waals surface area contributed by atoms with Crippen LogP contribution in [0.2, 0.25) is 0 Å². The van der Waals surface area contributed by atoms with Crippen LogP contribution < -0.4 is 11.3 Å². The number of hydrogen-bond donors (Lipinski definition) is 2. The van der Waals surface area contributed by atoms with Crippen LogP contribution in [0, 0.1) is 0 Å². The topological polar surface area (TPSA) is 47.3 Å². The summed E-state index contributed by atoms with van der Waals surface area (Å²) >= 11 is 0. The molecular formula is C10H24N2O. The number of nitrogens with two attached hydrogens (primary N) is 1. The second kappa shape index (κ2) is 9.96. The van der Waals surface area contributed by atoms with Crippen LogP contribution in [0.1, 0.15) is 45.4 Å². The molecule has 0 aliphatic carbocycles. The summed E-state index contributed by atoms with van der Waals surface area (Å²) < 4.78 is 5.03. The summed E-state index contributed by atoms with van der Waals surface area (Å²) in [6.45, 7) is 2.94. The van der Waals surface area contributed by atoms with Crippen molar-refractivity contribution in [2.24, 2.45) is 5.84 Å². The summed E-state index contributed by atoms with van der Waals surface area (Å²) in [4.78, 5) is 0. The summed E-state index contributed by atoms with van der Waals surface area (Å²) in [5.74, 6) is 5.37. The first-order valence-corrected chi connectivity index (χ1v) is 5.30. The third-order valence-corrected chi connectivity index (χ3v) is 2.26. The molecule has 0 bridgehead atoms. The quantitative estimate of drug-likeness (QED) is 0.330. The molecule has 1 unspecified atom stereocenters. The molecule has 3 nitrogen and oxygen atoms in total. The molecule has 80 valence electrons. The van der Waals surface area contributed by atoms with E-state index in [1.165, 1.54) is 32.1 Å². The minimum atomic E-state index is 0.326. The van der Waals surface area contributed by atoms with E-state index in [0.29, 0.717) is 12.6 Å². The van der Waals surface area contributed by atoms with Crippen LogP contribution in [0.5, 0.6) is 0 Å². The van der Waals surface area contributed by atoms with Crippen molar-refractivity contribution in [3.8, 4) is 0 Å². The van der Waals surface area contributed by atoms with Gasteiger partial charge in [0, 0.05) is 13.2 Å². The Bertz CT molecular complexity index is 98.9. The Morgan fingerprint density at radius 2 is 1.92 bits per heavy atom. The van der Waals surface area contributed by atoms with Gasteiger partial charge in [-0.15, -0.1) is 0 Å². The first-order chi connectivity index (χ1) is 6.35.